The highest BCUT2D eigenvalue weighted by Gasteiger charge is 2.17. The number of benzene rings is 1. The summed E-state index contributed by atoms with van der Waals surface area (Å²) in [5.41, 5.74) is 1.23. The molecule has 0 unspecified atom stereocenters. The summed E-state index contributed by atoms with van der Waals surface area (Å²) in [6.07, 6.45) is 0. The van der Waals surface area contributed by atoms with Crippen molar-refractivity contribution < 1.29 is 13.5 Å². The monoisotopic (exact) mass is 255 g/mol. The summed E-state index contributed by atoms with van der Waals surface area (Å²) in [6, 6.07) is 4.62. The van der Waals surface area contributed by atoms with Crippen molar-refractivity contribution in [3.63, 3.8) is 0 Å². The van der Waals surface area contributed by atoms with Crippen LogP contribution in [0.5, 0.6) is 0 Å². The molecular formula is C10H13N3O3S. The maximum Gasteiger partial charge on any atom is 0.242 e. The molecule has 0 atom stereocenters. The number of hydrogen-bond acceptors (Lipinski definition) is 4. The van der Waals surface area contributed by atoms with E-state index in [4.69, 9.17) is 5.11 Å². The van der Waals surface area contributed by atoms with Crippen molar-refractivity contribution in [1.82, 2.24) is 14.3 Å². The van der Waals surface area contributed by atoms with Crippen LogP contribution in [0, 0.1) is 0 Å². The average Bonchev–Trinajstić information content (AvgIpc) is 2.70. The first-order valence-corrected chi connectivity index (χ1v) is 6.41. The van der Waals surface area contributed by atoms with E-state index in [1.165, 1.54) is 26.2 Å². The number of aliphatic hydroxyl groups is 1. The predicted octanol–water partition coefficient (Wildman–Crippen LogP) is 0.306. The van der Waals surface area contributed by atoms with Gasteiger partial charge in [0.15, 0.2) is 0 Å². The van der Waals surface area contributed by atoms with E-state index in [1.807, 2.05) is 0 Å². The number of nitrogens with one attached hydrogen (secondary N) is 1. The molecule has 17 heavy (non-hydrogen) atoms. The van der Waals surface area contributed by atoms with Crippen molar-refractivity contribution >= 4 is 21.1 Å². The van der Waals surface area contributed by atoms with Gasteiger partial charge in [-0.3, -0.25) is 0 Å². The Kier molecular flexibility index (Phi) is 2.90. The molecule has 0 aliphatic heterocycles. The Hall–Kier alpha value is -1.44. The van der Waals surface area contributed by atoms with Gasteiger partial charge in [-0.15, -0.1) is 0 Å². The third-order valence-electron chi connectivity index (χ3n) is 2.43. The highest BCUT2D eigenvalue weighted by Crippen LogP contribution is 2.19. The van der Waals surface area contributed by atoms with Crippen molar-refractivity contribution in [2.24, 2.45) is 0 Å². The van der Waals surface area contributed by atoms with Crippen LogP contribution in [0.1, 0.15) is 5.82 Å². The molecule has 2 rings (SSSR count). The van der Waals surface area contributed by atoms with Crippen LogP contribution < -0.4 is 0 Å². The van der Waals surface area contributed by atoms with Crippen LogP contribution in [0.4, 0.5) is 0 Å². The lowest BCUT2D eigenvalue weighted by atomic mass is 10.3. The lowest BCUT2D eigenvalue weighted by Gasteiger charge is -2.10. The Morgan fingerprint density at radius 2 is 2.12 bits per heavy atom. The van der Waals surface area contributed by atoms with Crippen LogP contribution in [0.3, 0.4) is 0 Å². The molecule has 92 valence electrons. The normalized spacial score (nSPS) is 12.5. The largest absolute Gasteiger partial charge is 0.388 e. The van der Waals surface area contributed by atoms with Gasteiger partial charge in [-0.2, -0.15) is 0 Å². The van der Waals surface area contributed by atoms with Gasteiger partial charge in [-0.25, -0.2) is 17.7 Å². The van der Waals surface area contributed by atoms with E-state index in [2.05, 4.69) is 9.97 Å². The predicted molar refractivity (Wildman–Crippen MR) is 62.9 cm³/mol. The summed E-state index contributed by atoms with van der Waals surface area (Å²) >= 11 is 0. The number of rotatable bonds is 3. The van der Waals surface area contributed by atoms with Gasteiger partial charge >= 0.3 is 0 Å². The fourth-order valence-electron chi connectivity index (χ4n) is 1.49. The number of H-pyrrole nitrogens is 1. The van der Waals surface area contributed by atoms with Gasteiger partial charge in [-0.05, 0) is 18.2 Å². The smallest absolute Gasteiger partial charge is 0.242 e. The molecule has 1 aromatic carbocycles. The van der Waals surface area contributed by atoms with Crippen molar-refractivity contribution in [3.8, 4) is 0 Å². The minimum Gasteiger partial charge on any atom is -0.388 e. The summed E-state index contributed by atoms with van der Waals surface area (Å²) in [5.74, 6) is 0.416. The molecule has 0 aliphatic rings. The number of fused-ring (bicyclic) bond motifs is 1. The van der Waals surface area contributed by atoms with E-state index in [9.17, 15) is 8.42 Å². The first-order valence-electron chi connectivity index (χ1n) is 4.97. The molecule has 7 heteroatoms. The topological polar surface area (TPSA) is 86.3 Å². The van der Waals surface area contributed by atoms with E-state index < -0.39 is 10.0 Å². The third kappa shape index (κ3) is 2.04. The summed E-state index contributed by atoms with van der Waals surface area (Å²) in [7, 11) is -0.487. The number of imidazole rings is 1. The fourth-order valence-corrected chi connectivity index (χ4v) is 2.42. The second-order valence-corrected chi connectivity index (χ2v) is 5.96. The molecule has 0 fully saturated rings. The minimum absolute atomic E-state index is 0.197. The highest BCUT2D eigenvalue weighted by atomic mass is 32.2. The van der Waals surface area contributed by atoms with Crippen LogP contribution >= 0.6 is 0 Å². The number of nitrogens with zero attached hydrogens (tertiary/aromatic N) is 2. The van der Waals surface area contributed by atoms with E-state index in [0.717, 1.165) is 4.31 Å². The van der Waals surface area contributed by atoms with Gasteiger partial charge in [-0.1, -0.05) is 0 Å². The van der Waals surface area contributed by atoms with Crippen molar-refractivity contribution in [2.45, 2.75) is 11.5 Å². The van der Waals surface area contributed by atoms with Crippen LogP contribution in [0.25, 0.3) is 11.0 Å². The van der Waals surface area contributed by atoms with Gasteiger partial charge in [0, 0.05) is 14.1 Å². The number of sulfonamides is 1. The Bertz CT molecular complexity index is 646. The van der Waals surface area contributed by atoms with Gasteiger partial charge in [0.25, 0.3) is 0 Å². The van der Waals surface area contributed by atoms with Crippen LogP contribution in [0.2, 0.25) is 0 Å². The highest BCUT2D eigenvalue weighted by molar-refractivity contribution is 7.89. The van der Waals surface area contributed by atoms with Crippen LogP contribution in [-0.4, -0.2) is 41.9 Å². The maximum atomic E-state index is 11.9. The van der Waals surface area contributed by atoms with E-state index >= 15 is 0 Å². The zero-order valence-electron chi connectivity index (χ0n) is 9.51. The summed E-state index contributed by atoms with van der Waals surface area (Å²) in [4.78, 5) is 7.14. The second kappa shape index (κ2) is 4.10. The number of aromatic amines is 1. The molecule has 1 heterocycles. The van der Waals surface area contributed by atoms with Gasteiger partial charge < -0.3 is 10.1 Å². The lowest BCUT2D eigenvalue weighted by Crippen LogP contribution is -2.22. The molecule has 2 N–H and O–H groups in total. The SMILES string of the molecule is CN(C)S(=O)(=O)c1ccc2nc(CO)[nH]c2c1. The lowest BCUT2D eigenvalue weighted by molar-refractivity contribution is 0.273. The van der Waals surface area contributed by atoms with E-state index in [-0.39, 0.29) is 11.5 Å². The Balaban J connectivity index is 2.59. The van der Waals surface area contributed by atoms with Crippen LogP contribution in [0.15, 0.2) is 23.1 Å². The Morgan fingerprint density at radius 3 is 2.71 bits per heavy atom. The van der Waals surface area contributed by atoms with E-state index in [0.29, 0.717) is 16.9 Å². The molecule has 0 aliphatic carbocycles. The number of aromatic nitrogens is 2. The molecule has 6 nitrogen and oxygen atoms in total. The van der Waals surface area contributed by atoms with Gasteiger partial charge in [0.05, 0.1) is 15.9 Å². The molecule has 1 aromatic heterocycles. The summed E-state index contributed by atoms with van der Waals surface area (Å²) < 4.78 is 24.9. The molecule has 0 bridgehead atoms. The Morgan fingerprint density at radius 1 is 1.41 bits per heavy atom. The molecule has 0 saturated heterocycles. The van der Waals surface area contributed by atoms with Crippen molar-refractivity contribution in [1.29, 1.82) is 0 Å². The first kappa shape index (κ1) is 12.0. The van der Waals surface area contributed by atoms with E-state index in [1.54, 1.807) is 6.07 Å². The number of hydrogen-bond donors (Lipinski definition) is 2. The zero-order valence-corrected chi connectivity index (χ0v) is 10.3. The Labute approximate surface area is 99.0 Å². The molecular weight excluding hydrogens is 242 g/mol. The molecule has 0 spiro atoms. The summed E-state index contributed by atoms with van der Waals surface area (Å²) in [5, 5.41) is 8.94. The van der Waals surface area contributed by atoms with Crippen molar-refractivity contribution in [3.05, 3.63) is 24.0 Å². The molecule has 0 radical (unpaired) electrons. The molecule has 2 aromatic rings. The third-order valence-corrected chi connectivity index (χ3v) is 4.24. The quantitative estimate of drug-likeness (QED) is 0.826. The second-order valence-electron chi connectivity index (χ2n) is 3.81. The standard InChI is InChI=1S/C10H13N3O3S/c1-13(2)17(15,16)7-3-4-8-9(5-7)12-10(6-14)11-8/h3-5,14H,6H2,1-2H3,(H,11,12). The minimum atomic E-state index is -3.44. The van der Waals surface area contributed by atoms with Crippen LogP contribution in [-0.2, 0) is 16.6 Å². The fraction of sp³-hybridized carbons (Fsp3) is 0.300. The molecule has 0 amide bonds. The maximum absolute atomic E-state index is 11.9. The molecule has 0 saturated carbocycles. The van der Waals surface area contributed by atoms with Gasteiger partial charge in [0.1, 0.15) is 12.4 Å². The first-order chi connectivity index (χ1) is 7.95. The zero-order chi connectivity index (χ0) is 12.6. The van der Waals surface area contributed by atoms with Crippen molar-refractivity contribution in [2.75, 3.05) is 14.1 Å². The van der Waals surface area contributed by atoms with Gasteiger partial charge in [0.2, 0.25) is 10.0 Å². The number of aliphatic hydroxyl groups excluding tert-OH is 1. The summed E-state index contributed by atoms with van der Waals surface area (Å²) in [6.45, 7) is -0.204. The average molecular weight is 255 g/mol.